The van der Waals surface area contributed by atoms with Crippen molar-refractivity contribution in [2.75, 3.05) is 7.05 Å². The number of hydrogen-bond acceptors (Lipinski definition) is 2. The molecule has 0 aliphatic rings. The Kier molecular flexibility index (Phi) is 7.31. The fraction of sp³-hybridized carbons (Fsp3) is 0.500. The molecule has 2 radical (unpaired) electrons. The maximum absolute atomic E-state index is 6.74. The molecule has 2 nitrogen and oxygen atoms in total. The van der Waals surface area contributed by atoms with Crippen molar-refractivity contribution in [1.82, 2.24) is 4.81 Å². The molecule has 13 heavy (non-hydrogen) atoms. The van der Waals surface area contributed by atoms with Gasteiger partial charge in [-0.15, -0.1) is 0 Å². The van der Waals surface area contributed by atoms with Gasteiger partial charge in [0.05, 0.1) is 0 Å². The molecular weight excluding hydrogens is 159 g/mol. The van der Waals surface area contributed by atoms with Gasteiger partial charge >= 0.3 is 0 Å². The lowest BCUT2D eigenvalue weighted by atomic mass is 10.1. The van der Waals surface area contributed by atoms with Crippen LogP contribution in [0.15, 0.2) is 24.3 Å². The lowest BCUT2D eigenvalue weighted by Crippen LogP contribution is -2.25. The summed E-state index contributed by atoms with van der Waals surface area (Å²) in [6.07, 6.45) is 10.9. The number of nitrogens with zero attached hydrogens (tertiary/aromatic N) is 1. The highest BCUT2D eigenvalue weighted by molar-refractivity contribution is 6.04. The van der Waals surface area contributed by atoms with Crippen LogP contribution in [-0.4, -0.2) is 32.1 Å². The quantitative estimate of drug-likeness (QED) is 0.373. The first-order chi connectivity index (χ1) is 6.18. The van der Waals surface area contributed by atoms with Crippen LogP contribution in [0, 0.1) is 5.41 Å². The SMILES string of the molecule is [B]N(C)C(C)CC/C=C\C=C/C=N. The minimum Gasteiger partial charge on any atom is -0.354 e. The van der Waals surface area contributed by atoms with Crippen LogP contribution >= 0.6 is 0 Å². The van der Waals surface area contributed by atoms with Crippen LogP contribution in [0.5, 0.6) is 0 Å². The first-order valence-corrected chi connectivity index (χ1v) is 4.48. The van der Waals surface area contributed by atoms with E-state index in [9.17, 15) is 0 Å². The van der Waals surface area contributed by atoms with E-state index in [4.69, 9.17) is 13.4 Å². The van der Waals surface area contributed by atoms with Gasteiger partial charge in [0, 0.05) is 6.21 Å². The van der Waals surface area contributed by atoms with Crippen molar-refractivity contribution in [1.29, 1.82) is 5.41 Å². The highest BCUT2D eigenvalue weighted by atomic mass is 15.0. The van der Waals surface area contributed by atoms with E-state index in [2.05, 4.69) is 13.0 Å². The van der Waals surface area contributed by atoms with Crippen molar-refractivity contribution in [2.24, 2.45) is 0 Å². The Hall–Kier alpha value is -0.825. The normalized spacial score (nSPS) is 14.4. The highest BCUT2D eigenvalue weighted by Crippen LogP contribution is 2.02. The van der Waals surface area contributed by atoms with Crippen LogP contribution in [0.1, 0.15) is 19.8 Å². The summed E-state index contributed by atoms with van der Waals surface area (Å²) in [6, 6.07) is 0.413. The number of hydrogen-bond donors (Lipinski definition) is 1. The molecule has 1 N–H and O–H groups in total. The number of rotatable bonds is 6. The largest absolute Gasteiger partial charge is 0.354 e. The van der Waals surface area contributed by atoms with E-state index >= 15 is 0 Å². The van der Waals surface area contributed by atoms with Crippen LogP contribution in [0.25, 0.3) is 0 Å². The second-order valence-electron chi connectivity index (χ2n) is 3.07. The molecule has 70 valence electrons. The molecule has 1 atom stereocenters. The molecule has 0 aromatic heterocycles. The molecule has 0 bridgehead atoms. The highest BCUT2D eigenvalue weighted by Gasteiger charge is 2.00. The molecule has 0 fully saturated rings. The fourth-order valence-corrected chi connectivity index (χ4v) is 0.836. The molecule has 0 amide bonds. The molecule has 0 spiro atoms. The summed E-state index contributed by atoms with van der Waals surface area (Å²) >= 11 is 0. The third kappa shape index (κ3) is 7.53. The molecule has 3 heteroatoms. The van der Waals surface area contributed by atoms with Gasteiger partial charge in [-0.05, 0) is 32.0 Å². The van der Waals surface area contributed by atoms with Gasteiger partial charge in [0.25, 0.3) is 0 Å². The van der Waals surface area contributed by atoms with Gasteiger partial charge in [-0.1, -0.05) is 25.2 Å². The monoisotopic (exact) mass is 176 g/mol. The molecule has 1 unspecified atom stereocenters. The standard InChI is InChI=1S/C10H17BN2/c1-10(13(2)11)8-6-4-3-5-7-9-12/h3-5,7,9-10,12H,6,8H2,1-2H3/b4-3-,7-5-,12-9?. The van der Waals surface area contributed by atoms with E-state index in [-0.39, 0.29) is 0 Å². The Balaban J connectivity index is 3.49. The minimum absolute atomic E-state index is 0.413. The van der Waals surface area contributed by atoms with Crippen molar-refractivity contribution >= 4 is 14.2 Å². The van der Waals surface area contributed by atoms with Crippen molar-refractivity contribution in [2.45, 2.75) is 25.8 Å². The van der Waals surface area contributed by atoms with Crippen LogP contribution in [-0.2, 0) is 0 Å². The van der Waals surface area contributed by atoms with E-state index in [1.807, 2.05) is 19.2 Å². The average molecular weight is 176 g/mol. The molecule has 0 aliphatic heterocycles. The second-order valence-corrected chi connectivity index (χ2v) is 3.07. The van der Waals surface area contributed by atoms with E-state index in [1.54, 1.807) is 10.9 Å². The topological polar surface area (TPSA) is 27.1 Å². The summed E-state index contributed by atoms with van der Waals surface area (Å²) in [6.45, 7) is 2.10. The molecule has 0 aromatic rings. The van der Waals surface area contributed by atoms with Gasteiger partial charge < -0.3 is 10.2 Å². The lowest BCUT2D eigenvalue weighted by Gasteiger charge is -2.18. The number of nitrogens with one attached hydrogen (secondary N) is 1. The molecule has 0 heterocycles. The maximum atomic E-state index is 6.74. The lowest BCUT2D eigenvalue weighted by molar-refractivity contribution is 0.400. The Bertz CT molecular complexity index is 185. The molecule has 0 rings (SSSR count). The van der Waals surface area contributed by atoms with Gasteiger partial charge in [0.1, 0.15) is 0 Å². The summed E-state index contributed by atoms with van der Waals surface area (Å²) in [5.74, 6) is 0. The first-order valence-electron chi connectivity index (χ1n) is 4.48. The Morgan fingerprint density at radius 1 is 1.38 bits per heavy atom. The summed E-state index contributed by atoms with van der Waals surface area (Å²) < 4.78 is 0. The Morgan fingerprint density at radius 2 is 2.08 bits per heavy atom. The average Bonchev–Trinajstić information content (AvgIpc) is 2.10. The van der Waals surface area contributed by atoms with E-state index in [1.165, 1.54) is 6.21 Å². The second kappa shape index (κ2) is 7.81. The van der Waals surface area contributed by atoms with Crippen LogP contribution in [0.2, 0.25) is 0 Å². The van der Waals surface area contributed by atoms with Crippen LogP contribution in [0.4, 0.5) is 0 Å². The minimum atomic E-state index is 0.413. The first kappa shape index (κ1) is 12.2. The fourth-order valence-electron chi connectivity index (χ4n) is 0.836. The Morgan fingerprint density at radius 3 is 2.62 bits per heavy atom. The van der Waals surface area contributed by atoms with E-state index < -0.39 is 0 Å². The third-order valence-electron chi connectivity index (χ3n) is 1.90. The molecule has 0 aliphatic carbocycles. The van der Waals surface area contributed by atoms with Crippen molar-refractivity contribution < 1.29 is 0 Å². The van der Waals surface area contributed by atoms with Gasteiger partial charge in [-0.2, -0.15) is 0 Å². The summed E-state index contributed by atoms with van der Waals surface area (Å²) in [5.41, 5.74) is 0. The van der Waals surface area contributed by atoms with Crippen LogP contribution < -0.4 is 0 Å². The zero-order valence-corrected chi connectivity index (χ0v) is 8.40. The van der Waals surface area contributed by atoms with Gasteiger partial charge in [-0.25, -0.2) is 0 Å². The van der Waals surface area contributed by atoms with Gasteiger partial charge in [-0.3, -0.25) is 0 Å². The van der Waals surface area contributed by atoms with Gasteiger partial charge in [0.2, 0.25) is 0 Å². The van der Waals surface area contributed by atoms with E-state index in [0.717, 1.165) is 12.8 Å². The zero-order chi connectivity index (χ0) is 10.1. The molecule has 0 saturated carbocycles. The van der Waals surface area contributed by atoms with Crippen molar-refractivity contribution in [3.05, 3.63) is 24.3 Å². The van der Waals surface area contributed by atoms with Crippen LogP contribution in [0.3, 0.4) is 0 Å². The maximum Gasteiger partial charge on any atom is 0.182 e. The summed E-state index contributed by atoms with van der Waals surface area (Å²) in [5, 5.41) is 6.74. The molecule has 0 aromatic carbocycles. The number of allylic oxidation sites excluding steroid dienone is 4. The molecule has 0 saturated heterocycles. The summed E-state index contributed by atoms with van der Waals surface area (Å²) in [7, 11) is 7.44. The third-order valence-corrected chi connectivity index (χ3v) is 1.90. The summed E-state index contributed by atoms with van der Waals surface area (Å²) in [4.78, 5) is 1.72. The van der Waals surface area contributed by atoms with Crippen molar-refractivity contribution in [3.63, 3.8) is 0 Å². The molecular formula is C10H17BN2. The van der Waals surface area contributed by atoms with E-state index in [0.29, 0.717) is 6.04 Å². The van der Waals surface area contributed by atoms with Crippen molar-refractivity contribution in [3.8, 4) is 0 Å². The predicted octanol–water partition coefficient (Wildman–Crippen LogP) is 1.93. The smallest absolute Gasteiger partial charge is 0.182 e. The zero-order valence-electron chi connectivity index (χ0n) is 8.40. The predicted molar refractivity (Wildman–Crippen MR) is 59.3 cm³/mol. The Labute approximate surface area is 82.3 Å². The van der Waals surface area contributed by atoms with Gasteiger partial charge in [0.15, 0.2) is 7.98 Å².